The van der Waals surface area contributed by atoms with Crippen LogP contribution in [0.1, 0.15) is 6.42 Å². The highest BCUT2D eigenvalue weighted by Crippen LogP contribution is 2.09. The van der Waals surface area contributed by atoms with Crippen LogP contribution < -0.4 is 0 Å². The quantitative estimate of drug-likeness (QED) is 0.673. The Kier molecular flexibility index (Phi) is 2.84. The molecular formula is C12H16N2. The number of hydrogen-bond donors (Lipinski definition) is 1. The van der Waals surface area contributed by atoms with Crippen molar-refractivity contribution in [2.24, 2.45) is 0 Å². The van der Waals surface area contributed by atoms with E-state index in [9.17, 15) is 0 Å². The van der Waals surface area contributed by atoms with E-state index in [4.69, 9.17) is 0 Å². The molecule has 2 heterocycles. The lowest BCUT2D eigenvalue weighted by Gasteiger charge is -2.24. The summed E-state index contributed by atoms with van der Waals surface area (Å²) in [7, 11) is 2.14. The lowest BCUT2D eigenvalue weighted by atomic mass is 10.3. The molecule has 0 radical (unpaired) electrons. The van der Waals surface area contributed by atoms with Gasteiger partial charge in [0.25, 0.3) is 0 Å². The fourth-order valence-electron chi connectivity index (χ4n) is 1.47. The first-order chi connectivity index (χ1) is 6.86. The van der Waals surface area contributed by atoms with Crippen LogP contribution in [0.15, 0.2) is 36.5 Å². The summed E-state index contributed by atoms with van der Waals surface area (Å²) in [6, 6.07) is 10.3. The number of nitrogens with zero attached hydrogens (tertiary/aromatic N) is 1. The predicted octanol–water partition coefficient (Wildman–Crippen LogP) is 2.49. The van der Waals surface area contributed by atoms with Crippen LogP contribution >= 0.6 is 0 Å². The minimum absolute atomic E-state index is 1.21. The standard InChI is InChI=1S/C8H7N.C4H9N/c1-2-4-8-7(3-1)5-6-9-8;1-5-3-2-4-5/h1-6,9H;2-4H2,1H3. The van der Waals surface area contributed by atoms with Gasteiger partial charge in [-0.3, -0.25) is 0 Å². The highest BCUT2D eigenvalue weighted by molar-refractivity contribution is 5.78. The lowest BCUT2D eigenvalue weighted by Crippen LogP contribution is -2.32. The van der Waals surface area contributed by atoms with Crippen LogP contribution in [-0.4, -0.2) is 30.0 Å². The summed E-state index contributed by atoms with van der Waals surface area (Å²) in [5, 5.41) is 1.28. The van der Waals surface area contributed by atoms with E-state index in [-0.39, 0.29) is 0 Å². The average Bonchev–Trinajstić information content (AvgIpc) is 2.63. The number of rotatable bonds is 0. The van der Waals surface area contributed by atoms with Gasteiger partial charge in [-0.2, -0.15) is 0 Å². The Bertz CT molecular complexity index is 358. The molecule has 74 valence electrons. The van der Waals surface area contributed by atoms with Gasteiger partial charge in [-0.05, 0) is 44.1 Å². The van der Waals surface area contributed by atoms with Crippen molar-refractivity contribution in [2.75, 3.05) is 20.1 Å². The molecule has 1 N–H and O–H groups in total. The largest absolute Gasteiger partial charge is 0.361 e. The zero-order valence-corrected chi connectivity index (χ0v) is 8.53. The third-order valence-electron chi connectivity index (χ3n) is 2.54. The monoisotopic (exact) mass is 188 g/mol. The van der Waals surface area contributed by atoms with Gasteiger partial charge in [0.1, 0.15) is 0 Å². The molecule has 0 unspecified atom stereocenters. The van der Waals surface area contributed by atoms with E-state index in [2.05, 4.69) is 35.1 Å². The van der Waals surface area contributed by atoms with E-state index < -0.39 is 0 Å². The van der Waals surface area contributed by atoms with E-state index in [0.717, 1.165) is 0 Å². The molecule has 2 heteroatoms. The number of aromatic amines is 1. The fraction of sp³-hybridized carbons (Fsp3) is 0.333. The predicted molar refractivity (Wildman–Crippen MR) is 60.4 cm³/mol. The molecule has 1 aromatic carbocycles. The second-order valence-corrected chi connectivity index (χ2v) is 3.72. The van der Waals surface area contributed by atoms with Gasteiger partial charge in [0, 0.05) is 11.7 Å². The molecule has 0 spiro atoms. The Morgan fingerprint density at radius 2 is 1.86 bits per heavy atom. The zero-order chi connectivity index (χ0) is 9.80. The Labute approximate surface area is 84.5 Å². The molecule has 1 aliphatic heterocycles. The average molecular weight is 188 g/mol. The molecule has 0 saturated carbocycles. The van der Waals surface area contributed by atoms with E-state index in [1.807, 2.05) is 18.3 Å². The molecule has 3 rings (SSSR count). The van der Waals surface area contributed by atoms with Gasteiger partial charge in [-0.1, -0.05) is 18.2 Å². The molecule has 0 amide bonds. The highest BCUT2D eigenvalue weighted by Gasteiger charge is 2.04. The van der Waals surface area contributed by atoms with Crippen molar-refractivity contribution in [3.63, 3.8) is 0 Å². The third-order valence-corrected chi connectivity index (χ3v) is 2.54. The van der Waals surface area contributed by atoms with Crippen molar-refractivity contribution >= 4 is 10.9 Å². The molecular weight excluding hydrogens is 172 g/mol. The maximum absolute atomic E-state index is 3.12. The number of likely N-dealkylation sites (tertiary alicyclic amines) is 1. The van der Waals surface area contributed by atoms with Gasteiger partial charge < -0.3 is 9.88 Å². The summed E-state index contributed by atoms with van der Waals surface area (Å²) in [5.74, 6) is 0. The zero-order valence-electron chi connectivity index (χ0n) is 8.53. The van der Waals surface area contributed by atoms with Crippen LogP contribution in [0.2, 0.25) is 0 Å². The number of hydrogen-bond acceptors (Lipinski definition) is 1. The summed E-state index contributed by atoms with van der Waals surface area (Å²) in [6.45, 7) is 2.64. The van der Waals surface area contributed by atoms with E-state index in [1.54, 1.807) is 0 Å². The van der Waals surface area contributed by atoms with Crippen LogP contribution in [0.25, 0.3) is 10.9 Å². The van der Waals surface area contributed by atoms with Crippen LogP contribution in [0.3, 0.4) is 0 Å². The Balaban J connectivity index is 0.000000128. The third kappa shape index (κ3) is 2.15. The van der Waals surface area contributed by atoms with Crippen molar-refractivity contribution in [2.45, 2.75) is 6.42 Å². The van der Waals surface area contributed by atoms with Crippen LogP contribution in [-0.2, 0) is 0 Å². The highest BCUT2D eigenvalue weighted by atomic mass is 15.1. The Hall–Kier alpha value is -1.28. The molecule has 2 aromatic rings. The Morgan fingerprint density at radius 1 is 1.14 bits per heavy atom. The number of benzene rings is 1. The van der Waals surface area contributed by atoms with Crippen molar-refractivity contribution in [1.82, 2.24) is 9.88 Å². The lowest BCUT2D eigenvalue weighted by molar-refractivity contribution is 0.229. The Morgan fingerprint density at radius 3 is 2.43 bits per heavy atom. The fourth-order valence-corrected chi connectivity index (χ4v) is 1.47. The maximum atomic E-state index is 3.12. The first-order valence-electron chi connectivity index (χ1n) is 5.07. The summed E-state index contributed by atoms with van der Waals surface area (Å²) in [4.78, 5) is 5.43. The van der Waals surface area contributed by atoms with Gasteiger partial charge in [0.15, 0.2) is 0 Å². The molecule has 2 nitrogen and oxygen atoms in total. The molecule has 0 atom stereocenters. The summed E-state index contributed by atoms with van der Waals surface area (Å²) < 4.78 is 0. The van der Waals surface area contributed by atoms with Gasteiger partial charge in [0.05, 0.1) is 0 Å². The normalized spacial score (nSPS) is 15.8. The second-order valence-electron chi connectivity index (χ2n) is 3.72. The van der Waals surface area contributed by atoms with E-state index in [1.165, 1.54) is 30.4 Å². The smallest absolute Gasteiger partial charge is 0.0453 e. The number of fused-ring (bicyclic) bond motifs is 1. The molecule has 0 bridgehead atoms. The molecule has 1 saturated heterocycles. The summed E-state index contributed by atoms with van der Waals surface area (Å²) in [6.07, 6.45) is 3.36. The first-order valence-corrected chi connectivity index (χ1v) is 5.07. The number of aromatic nitrogens is 1. The van der Waals surface area contributed by atoms with E-state index in [0.29, 0.717) is 0 Å². The summed E-state index contributed by atoms with van der Waals surface area (Å²) >= 11 is 0. The molecule has 14 heavy (non-hydrogen) atoms. The van der Waals surface area contributed by atoms with Crippen molar-refractivity contribution in [3.05, 3.63) is 36.5 Å². The van der Waals surface area contributed by atoms with Crippen molar-refractivity contribution in [3.8, 4) is 0 Å². The molecule has 1 aromatic heterocycles. The van der Waals surface area contributed by atoms with Gasteiger partial charge in [0.2, 0.25) is 0 Å². The van der Waals surface area contributed by atoms with Crippen LogP contribution in [0.5, 0.6) is 0 Å². The van der Waals surface area contributed by atoms with Crippen LogP contribution in [0, 0.1) is 0 Å². The molecule has 1 aliphatic rings. The second kappa shape index (κ2) is 4.29. The van der Waals surface area contributed by atoms with Crippen LogP contribution in [0.4, 0.5) is 0 Å². The van der Waals surface area contributed by atoms with Crippen molar-refractivity contribution in [1.29, 1.82) is 0 Å². The van der Waals surface area contributed by atoms with Crippen molar-refractivity contribution < 1.29 is 0 Å². The topological polar surface area (TPSA) is 19.0 Å². The molecule has 1 fully saturated rings. The first kappa shape index (κ1) is 9.28. The van der Waals surface area contributed by atoms with E-state index >= 15 is 0 Å². The minimum Gasteiger partial charge on any atom is -0.361 e. The maximum Gasteiger partial charge on any atom is 0.0453 e. The van der Waals surface area contributed by atoms with Gasteiger partial charge in [-0.25, -0.2) is 0 Å². The SMILES string of the molecule is CN1CCC1.c1ccc2[nH]ccc2c1. The number of H-pyrrole nitrogens is 1. The molecule has 0 aliphatic carbocycles. The number of nitrogens with one attached hydrogen (secondary N) is 1. The number of para-hydroxylation sites is 1. The van der Waals surface area contributed by atoms with Gasteiger partial charge in [-0.15, -0.1) is 0 Å². The summed E-state index contributed by atoms with van der Waals surface area (Å²) in [5.41, 5.74) is 1.21. The van der Waals surface area contributed by atoms with Gasteiger partial charge >= 0.3 is 0 Å². The minimum atomic E-state index is 1.21.